The number of fused-ring (bicyclic) bond motifs is 1. The lowest BCUT2D eigenvalue weighted by Crippen LogP contribution is -2.14. The van der Waals surface area contributed by atoms with Gasteiger partial charge in [-0.25, -0.2) is 9.97 Å². The number of aromatic nitrogens is 4. The van der Waals surface area contributed by atoms with Crippen LogP contribution in [-0.4, -0.2) is 25.5 Å². The third-order valence-corrected chi connectivity index (χ3v) is 4.81. The third kappa shape index (κ3) is 3.22. The lowest BCUT2D eigenvalue weighted by atomic mass is 10.0. The molecule has 28 heavy (non-hydrogen) atoms. The van der Waals surface area contributed by atoms with E-state index in [4.69, 9.17) is 0 Å². The van der Waals surface area contributed by atoms with Crippen LogP contribution >= 0.6 is 11.3 Å². The zero-order valence-electron chi connectivity index (χ0n) is 14.4. The maximum Gasteiger partial charge on any atom is 0.417 e. The van der Waals surface area contributed by atoms with Gasteiger partial charge in [0.2, 0.25) is 0 Å². The quantitative estimate of drug-likeness (QED) is 0.549. The molecule has 0 spiro atoms. The molecule has 0 unspecified atom stereocenters. The van der Waals surface area contributed by atoms with Crippen molar-refractivity contribution in [2.45, 2.75) is 13.1 Å². The monoisotopic (exact) mass is 403 g/mol. The van der Waals surface area contributed by atoms with E-state index in [1.807, 2.05) is 0 Å². The average Bonchev–Trinajstić information content (AvgIpc) is 3.31. The van der Waals surface area contributed by atoms with Crippen molar-refractivity contribution in [3.05, 3.63) is 64.2 Å². The predicted molar refractivity (Wildman–Crippen MR) is 98.2 cm³/mol. The molecule has 0 aliphatic carbocycles. The van der Waals surface area contributed by atoms with Crippen molar-refractivity contribution in [3.63, 3.8) is 0 Å². The number of rotatable bonds is 3. The number of carbonyl (C=O) groups is 1. The van der Waals surface area contributed by atoms with Gasteiger partial charge in [-0.2, -0.15) is 22.8 Å². The van der Waals surface area contributed by atoms with Crippen molar-refractivity contribution in [1.29, 1.82) is 0 Å². The Morgan fingerprint density at radius 1 is 1.21 bits per heavy atom. The third-order valence-electron chi connectivity index (χ3n) is 4.04. The number of anilines is 1. The highest BCUT2D eigenvalue weighted by Gasteiger charge is 2.34. The highest BCUT2D eigenvalue weighted by molar-refractivity contribution is 7.11. The molecule has 0 fully saturated rings. The second-order valence-corrected chi connectivity index (χ2v) is 6.82. The first-order valence-corrected chi connectivity index (χ1v) is 8.95. The first-order chi connectivity index (χ1) is 13.3. The maximum absolute atomic E-state index is 13.4. The molecule has 3 aromatic heterocycles. The first-order valence-electron chi connectivity index (χ1n) is 8.07. The lowest BCUT2D eigenvalue weighted by Gasteiger charge is -2.14. The van der Waals surface area contributed by atoms with Gasteiger partial charge in [-0.15, -0.1) is 11.3 Å². The molecule has 1 aromatic carbocycles. The zero-order valence-corrected chi connectivity index (χ0v) is 15.2. The zero-order chi connectivity index (χ0) is 19.9. The van der Waals surface area contributed by atoms with Crippen LogP contribution in [0.5, 0.6) is 0 Å². The van der Waals surface area contributed by atoms with Crippen molar-refractivity contribution < 1.29 is 18.0 Å². The number of alkyl halides is 3. The average molecular weight is 403 g/mol. The molecular formula is C18H12F3N5OS. The number of thiazole rings is 1. The molecule has 0 radical (unpaired) electrons. The van der Waals surface area contributed by atoms with Gasteiger partial charge in [0.15, 0.2) is 16.5 Å². The lowest BCUT2D eigenvalue weighted by molar-refractivity contribution is -0.137. The normalized spacial score (nSPS) is 11.7. The van der Waals surface area contributed by atoms with Gasteiger partial charge in [-0.05, 0) is 24.6 Å². The second kappa shape index (κ2) is 6.71. The Labute approximate surface area is 160 Å². The molecule has 0 atom stereocenters. The Kier molecular flexibility index (Phi) is 4.34. The van der Waals surface area contributed by atoms with E-state index >= 15 is 0 Å². The second-order valence-electron chi connectivity index (χ2n) is 5.92. The Morgan fingerprint density at radius 2 is 2.00 bits per heavy atom. The minimum atomic E-state index is -4.52. The number of nitrogens with one attached hydrogen (secondary N) is 1. The van der Waals surface area contributed by atoms with Gasteiger partial charge in [0, 0.05) is 17.1 Å². The summed E-state index contributed by atoms with van der Waals surface area (Å²) in [5, 5.41) is 8.89. The SMILES string of the molecule is Cc1cc2ncc(NC(=O)c3nccs3)n2nc1-c1ccccc1C(F)(F)F. The van der Waals surface area contributed by atoms with Crippen LogP contribution in [-0.2, 0) is 6.18 Å². The molecule has 4 rings (SSSR count). The Balaban J connectivity index is 1.82. The van der Waals surface area contributed by atoms with E-state index in [0.717, 1.165) is 6.07 Å². The summed E-state index contributed by atoms with van der Waals surface area (Å²) >= 11 is 1.17. The molecule has 4 aromatic rings. The number of hydrogen-bond acceptors (Lipinski definition) is 5. The molecule has 1 N–H and O–H groups in total. The van der Waals surface area contributed by atoms with E-state index < -0.39 is 17.6 Å². The van der Waals surface area contributed by atoms with Crippen LogP contribution in [0.15, 0.2) is 48.1 Å². The Morgan fingerprint density at radius 3 is 2.71 bits per heavy atom. The Hall–Kier alpha value is -3.27. The molecule has 10 heteroatoms. The molecular weight excluding hydrogens is 391 g/mol. The molecule has 0 saturated carbocycles. The van der Waals surface area contributed by atoms with E-state index in [-0.39, 0.29) is 22.1 Å². The smallest absolute Gasteiger partial charge is 0.303 e. The highest BCUT2D eigenvalue weighted by atomic mass is 32.1. The summed E-state index contributed by atoms with van der Waals surface area (Å²) in [7, 11) is 0. The summed E-state index contributed by atoms with van der Waals surface area (Å²) < 4.78 is 41.6. The van der Waals surface area contributed by atoms with E-state index in [1.54, 1.807) is 18.4 Å². The minimum Gasteiger partial charge on any atom is -0.303 e. The highest BCUT2D eigenvalue weighted by Crippen LogP contribution is 2.37. The molecule has 0 saturated heterocycles. The van der Waals surface area contributed by atoms with E-state index in [2.05, 4.69) is 20.4 Å². The molecule has 142 valence electrons. The van der Waals surface area contributed by atoms with Crippen molar-refractivity contribution in [2.75, 3.05) is 5.32 Å². The molecule has 0 bridgehead atoms. The van der Waals surface area contributed by atoms with Crippen LogP contribution in [0.2, 0.25) is 0 Å². The molecule has 1 amide bonds. The standard InChI is InChI=1S/C18H12F3N5OS/c1-10-8-13-23-9-14(24-16(27)17-22-6-7-28-17)26(13)25-15(10)11-4-2-3-5-12(11)18(19,20)21/h2-9H,1H3,(H,24,27). The topological polar surface area (TPSA) is 72.2 Å². The van der Waals surface area contributed by atoms with Crippen LogP contribution in [0.25, 0.3) is 16.9 Å². The number of nitrogens with zero attached hydrogens (tertiary/aromatic N) is 4. The van der Waals surface area contributed by atoms with Gasteiger partial charge in [0.25, 0.3) is 5.91 Å². The number of carbonyl (C=O) groups excluding carboxylic acids is 1. The first kappa shape index (κ1) is 18.1. The fraction of sp³-hybridized carbons (Fsp3) is 0.111. The van der Waals surface area contributed by atoms with Crippen LogP contribution in [0.3, 0.4) is 0 Å². The summed E-state index contributed by atoms with van der Waals surface area (Å²) in [6, 6.07) is 6.86. The summed E-state index contributed by atoms with van der Waals surface area (Å²) in [4.78, 5) is 20.3. The molecule has 3 heterocycles. The van der Waals surface area contributed by atoms with E-state index in [0.29, 0.717) is 11.2 Å². The Bertz CT molecular complexity index is 1170. The van der Waals surface area contributed by atoms with Crippen LogP contribution < -0.4 is 5.32 Å². The summed E-state index contributed by atoms with van der Waals surface area (Å²) in [5.74, 6) is -0.211. The van der Waals surface area contributed by atoms with Gasteiger partial charge in [-0.3, -0.25) is 4.79 Å². The van der Waals surface area contributed by atoms with Gasteiger partial charge >= 0.3 is 6.18 Å². The number of amides is 1. The molecule has 0 aliphatic rings. The number of halogens is 3. The van der Waals surface area contributed by atoms with Gasteiger partial charge in [0.1, 0.15) is 0 Å². The summed E-state index contributed by atoms with van der Waals surface area (Å²) in [6.45, 7) is 1.66. The van der Waals surface area contributed by atoms with Crippen molar-refractivity contribution >= 4 is 28.7 Å². The van der Waals surface area contributed by atoms with E-state index in [1.165, 1.54) is 46.4 Å². The van der Waals surface area contributed by atoms with E-state index in [9.17, 15) is 18.0 Å². The fourth-order valence-corrected chi connectivity index (χ4v) is 3.33. The van der Waals surface area contributed by atoms with Gasteiger partial charge in [0.05, 0.1) is 17.5 Å². The van der Waals surface area contributed by atoms with Gasteiger partial charge in [-0.1, -0.05) is 18.2 Å². The minimum absolute atomic E-state index is 0.0414. The number of imidazole rings is 1. The van der Waals surface area contributed by atoms with Crippen molar-refractivity contribution in [1.82, 2.24) is 19.6 Å². The van der Waals surface area contributed by atoms with Gasteiger partial charge < -0.3 is 5.32 Å². The van der Waals surface area contributed by atoms with Crippen LogP contribution in [0, 0.1) is 6.92 Å². The largest absolute Gasteiger partial charge is 0.417 e. The summed E-state index contributed by atoms with van der Waals surface area (Å²) in [6.07, 6.45) is -1.62. The number of aryl methyl sites for hydroxylation is 1. The van der Waals surface area contributed by atoms with Crippen molar-refractivity contribution in [2.24, 2.45) is 0 Å². The summed E-state index contributed by atoms with van der Waals surface area (Å²) in [5.41, 5.74) is 0.273. The number of hydrogen-bond donors (Lipinski definition) is 1. The van der Waals surface area contributed by atoms with Crippen molar-refractivity contribution in [3.8, 4) is 11.3 Å². The fourth-order valence-electron chi connectivity index (χ4n) is 2.80. The number of benzene rings is 1. The predicted octanol–water partition coefficient (Wildman–Crippen LogP) is 4.43. The molecule has 6 nitrogen and oxygen atoms in total. The van der Waals surface area contributed by atoms with Crippen LogP contribution in [0.1, 0.15) is 20.9 Å². The van der Waals surface area contributed by atoms with Crippen LogP contribution in [0.4, 0.5) is 19.0 Å². The molecule has 0 aliphatic heterocycles. The maximum atomic E-state index is 13.4.